The Morgan fingerprint density at radius 2 is 1.96 bits per heavy atom. The molecule has 0 spiro atoms. The van der Waals surface area contributed by atoms with Gasteiger partial charge in [0.05, 0.1) is 32.0 Å². The van der Waals surface area contributed by atoms with Crippen molar-refractivity contribution in [2.75, 3.05) is 26.9 Å². The van der Waals surface area contributed by atoms with Crippen molar-refractivity contribution in [3.63, 3.8) is 0 Å². The van der Waals surface area contributed by atoms with Crippen molar-refractivity contribution in [1.29, 1.82) is 0 Å². The highest BCUT2D eigenvalue weighted by Crippen LogP contribution is 2.37. The van der Waals surface area contributed by atoms with Crippen LogP contribution < -0.4 is 18.9 Å². The molecule has 0 amide bonds. The molecule has 1 heterocycles. The summed E-state index contributed by atoms with van der Waals surface area (Å²) in [6.45, 7) is 3.55. The molecule has 0 atom stereocenters. The van der Waals surface area contributed by atoms with E-state index in [9.17, 15) is 4.79 Å². The lowest BCUT2D eigenvalue weighted by molar-refractivity contribution is 0.104. The molecule has 2 aromatic rings. The first kappa shape index (κ1) is 19.1. The molecule has 6 heteroatoms. The van der Waals surface area contributed by atoms with E-state index in [1.165, 1.54) is 13.2 Å². The van der Waals surface area contributed by atoms with Crippen LogP contribution in [-0.4, -0.2) is 32.7 Å². The van der Waals surface area contributed by atoms with Gasteiger partial charge in [-0.3, -0.25) is 4.79 Å². The summed E-state index contributed by atoms with van der Waals surface area (Å²) in [6.07, 6.45) is 4.00. The van der Waals surface area contributed by atoms with E-state index in [0.29, 0.717) is 53.4 Å². The molecule has 0 fully saturated rings. The average molecular weight is 389 g/mol. The maximum Gasteiger partial charge on any atom is 0.185 e. The highest BCUT2D eigenvalue weighted by Gasteiger charge is 2.14. The zero-order chi connectivity index (χ0) is 19.2. The Labute approximate surface area is 163 Å². The van der Waals surface area contributed by atoms with Crippen molar-refractivity contribution in [1.82, 2.24) is 0 Å². The minimum Gasteiger partial charge on any atom is -0.491 e. The SMILES string of the molecule is CCOc1cc(/C=C/C(=O)c2ccc3c(c2)OCCCO3)cc(Cl)c1OC. The second-order valence-corrected chi connectivity index (χ2v) is 6.28. The fourth-order valence-electron chi connectivity index (χ4n) is 2.73. The lowest BCUT2D eigenvalue weighted by Gasteiger charge is -2.11. The largest absolute Gasteiger partial charge is 0.491 e. The first-order valence-electron chi connectivity index (χ1n) is 8.74. The van der Waals surface area contributed by atoms with Crippen LogP contribution in [0.5, 0.6) is 23.0 Å². The van der Waals surface area contributed by atoms with Crippen LogP contribution in [0.3, 0.4) is 0 Å². The monoisotopic (exact) mass is 388 g/mol. The molecule has 0 bridgehead atoms. The molecule has 2 aromatic carbocycles. The quantitative estimate of drug-likeness (QED) is 0.525. The van der Waals surface area contributed by atoms with Gasteiger partial charge in [-0.2, -0.15) is 0 Å². The zero-order valence-corrected chi connectivity index (χ0v) is 16.0. The number of hydrogen-bond acceptors (Lipinski definition) is 5. The maximum atomic E-state index is 12.5. The summed E-state index contributed by atoms with van der Waals surface area (Å²) in [5.41, 5.74) is 1.27. The highest BCUT2D eigenvalue weighted by atomic mass is 35.5. The van der Waals surface area contributed by atoms with Gasteiger partial charge in [-0.15, -0.1) is 0 Å². The summed E-state index contributed by atoms with van der Waals surface area (Å²) in [6, 6.07) is 8.71. The number of benzene rings is 2. The van der Waals surface area contributed by atoms with Crippen LogP contribution in [0, 0.1) is 0 Å². The molecule has 0 aliphatic carbocycles. The van der Waals surface area contributed by atoms with Crippen molar-refractivity contribution in [3.05, 3.63) is 52.6 Å². The standard InChI is InChI=1S/C21H21ClO5/c1-3-25-20-12-14(11-16(22)21(20)24-2)5-7-17(23)15-6-8-18-19(13-15)27-10-4-9-26-18/h5-8,11-13H,3-4,9-10H2,1-2H3/b7-5+. The molecule has 142 valence electrons. The number of allylic oxidation sites excluding steroid dienone is 1. The Morgan fingerprint density at radius 3 is 2.70 bits per heavy atom. The number of fused-ring (bicyclic) bond motifs is 1. The number of halogens is 1. The molecule has 0 saturated carbocycles. The summed E-state index contributed by atoms with van der Waals surface area (Å²) in [4.78, 5) is 12.5. The van der Waals surface area contributed by atoms with E-state index in [-0.39, 0.29) is 5.78 Å². The third kappa shape index (κ3) is 4.55. The fraction of sp³-hybridized carbons (Fsp3) is 0.286. The van der Waals surface area contributed by atoms with Crippen LogP contribution in [0.2, 0.25) is 5.02 Å². The molecule has 0 aromatic heterocycles. The van der Waals surface area contributed by atoms with Crippen molar-refractivity contribution in [3.8, 4) is 23.0 Å². The number of carbonyl (C=O) groups is 1. The van der Waals surface area contributed by atoms with Gasteiger partial charge in [0, 0.05) is 12.0 Å². The maximum absolute atomic E-state index is 12.5. The van der Waals surface area contributed by atoms with Crippen molar-refractivity contribution < 1.29 is 23.7 Å². The number of methoxy groups -OCH3 is 1. The second-order valence-electron chi connectivity index (χ2n) is 5.88. The van der Waals surface area contributed by atoms with Gasteiger partial charge >= 0.3 is 0 Å². The molecule has 1 aliphatic heterocycles. The van der Waals surface area contributed by atoms with E-state index in [4.69, 9.17) is 30.5 Å². The molecular formula is C21H21ClO5. The highest BCUT2D eigenvalue weighted by molar-refractivity contribution is 6.32. The van der Waals surface area contributed by atoms with E-state index in [0.717, 1.165) is 12.0 Å². The topological polar surface area (TPSA) is 54.0 Å². The summed E-state index contributed by atoms with van der Waals surface area (Å²) >= 11 is 6.24. The molecule has 3 rings (SSSR count). The van der Waals surface area contributed by atoms with E-state index < -0.39 is 0 Å². The molecular weight excluding hydrogens is 368 g/mol. The predicted octanol–water partition coefficient (Wildman–Crippen LogP) is 4.80. The third-order valence-electron chi connectivity index (χ3n) is 4.00. The lowest BCUT2D eigenvalue weighted by atomic mass is 10.1. The molecule has 0 radical (unpaired) electrons. The first-order valence-corrected chi connectivity index (χ1v) is 9.12. The van der Waals surface area contributed by atoms with E-state index in [1.54, 1.807) is 36.4 Å². The van der Waals surface area contributed by atoms with Gasteiger partial charge in [0.1, 0.15) is 0 Å². The van der Waals surface area contributed by atoms with Gasteiger partial charge in [0.15, 0.2) is 28.8 Å². The first-order chi connectivity index (χ1) is 13.1. The van der Waals surface area contributed by atoms with Crippen LogP contribution in [0.25, 0.3) is 6.08 Å². The number of ketones is 1. The number of hydrogen-bond donors (Lipinski definition) is 0. The Balaban J connectivity index is 1.81. The average Bonchev–Trinajstić information content (AvgIpc) is 2.91. The number of carbonyl (C=O) groups excluding carboxylic acids is 1. The van der Waals surface area contributed by atoms with Crippen LogP contribution in [0.4, 0.5) is 0 Å². The molecule has 1 aliphatic rings. The Hall–Kier alpha value is -2.66. The van der Waals surface area contributed by atoms with Crippen LogP contribution >= 0.6 is 11.6 Å². The Bertz CT molecular complexity index is 860. The van der Waals surface area contributed by atoms with Crippen molar-refractivity contribution in [2.24, 2.45) is 0 Å². The van der Waals surface area contributed by atoms with Gasteiger partial charge in [0.2, 0.25) is 0 Å². The fourth-order valence-corrected chi connectivity index (χ4v) is 3.03. The van der Waals surface area contributed by atoms with Crippen molar-refractivity contribution in [2.45, 2.75) is 13.3 Å². The third-order valence-corrected chi connectivity index (χ3v) is 4.28. The summed E-state index contributed by atoms with van der Waals surface area (Å²) in [7, 11) is 1.53. The molecule has 0 saturated heterocycles. The molecule has 0 unspecified atom stereocenters. The van der Waals surface area contributed by atoms with Crippen molar-refractivity contribution >= 4 is 23.5 Å². The summed E-state index contributed by atoms with van der Waals surface area (Å²) in [5, 5.41) is 0.422. The van der Waals surface area contributed by atoms with E-state index >= 15 is 0 Å². The Morgan fingerprint density at radius 1 is 1.19 bits per heavy atom. The number of rotatable bonds is 6. The summed E-state index contributed by atoms with van der Waals surface area (Å²) in [5.74, 6) is 2.13. The van der Waals surface area contributed by atoms with Gasteiger partial charge in [0.25, 0.3) is 0 Å². The van der Waals surface area contributed by atoms with Gasteiger partial charge < -0.3 is 18.9 Å². The Kier molecular flexibility index (Phi) is 6.24. The normalized spacial score (nSPS) is 13.3. The van der Waals surface area contributed by atoms with Gasteiger partial charge in [-0.25, -0.2) is 0 Å². The molecule has 27 heavy (non-hydrogen) atoms. The zero-order valence-electron chi connectivity index (χ0n) is 15.3. The predicted molar refractivity (Wildman–Crippen MR) is 105 cm³/mol. The van der Waals surface area contributed by atoms with Gasteiger partial charge in [-0.05, 0) is 48.9 Å². The van der Waals surface area contributed by atoms with E-state index in [2.05, 4.69) is 0 Å². The second kappa shape index (κ2) is 8.82. The smallest absolute Gasteiger partial charge is 0.185 e. The molecule has 0 N–H and O–H groups in total. The minimum absolute atomic E-state index is 0.143. The lowest BCUT2D eigenvalue weighted by Crippen LogP contribution is -1.98. The van der Waals surface area contributed by atoms with Crippen LogP contribution in [0.15, 0.2) is 36.4 Å². The summed E-state index contributed by atoms with van der Waals surface area (Å²) < 4.78 is 22.0. The van der Waals surface area contributed by atoms with E-state index in [1.807, 2.05) is 6.92 Å². The van der Waals surface area contributed by atoms with Gasteiger partial charge in [-0.1, -0.05) is 17.7 Å². The minimum atomic E-state index is -0.143. The number of ether oxygens (including phenoxy) is 4. The molecule has 5 nitrogen and oxygen atoms in total. The van der Waals surface area contributed by atoms with Crippen LogP contribution in [0.1, 0.15) is 29.3 Å². The van der Waals surface area contributed by atoms with Crippen LogP contribution in [-0.2, 0) is 0 Å².